The molecule has 0 aliphatic rings. The standard InChI is InChI=1S/C10H11BrN2O2/c11-7-3-1-2-6(4-7)9(14)5-8(12)10(13)15/h1-4,8H,5,12H2,(H2,13,15). The van der Waals surface area contributed by atoms with E-state index in [1.54, 1.807) is 18.2 Å². The molecular formula is C10H11BrN2O2. The molecule has 0 aliphatic carbocycles. The fourth-order valence-corrected chi connectivity index (χ4v) is 1.48. The Morgan fingerprint density at radius 1 is 1.40 bits per heavy atom. The van der Waals surface area contributed by atoms with Gasteiger partial charge in [-0.05, 0) is 12.1 Å². The van der Waals surface area contributed by atoms with Crippen molar-refractivity contribution < 1.29 is 9.59 Å². The Kier molecular flexibility index (Phi) is 3.99. The molecule has 0 spiro atoms. The number of benzene rings is 1. The maximum absolute atomic E-state index is 11.6. The average Bonchev–Trinajstić information content (AvgIpc) is 2.17. The molecule has 80 valence electrons. The Balaban J connectivity index is 2.73. The van der Waals surface area contributed by atoms with Gasteiger partial charge in [0.2, 0.25) is 5.91 Å². The van der Waals surface area contributed by atoms with Gasteiger partial charge >= 0.3 is 0 Å². The molecule has 5 heteroatoms. The van der Waals surface area contributed by atoms with E-state index < -0.39 is 11.9 Å². The van der Waals surface area contributed by atoms with Crippen molar-refractivity contribution in [1.29, 1.82) is 0 Å². The van der Waals surface area contributed by atoms with Crippen molar-refractivity contribution in [2.24, 2.45) is 11.5 Å². The average molecular weight is 271 g/mol. The summed E-state index contributed by atoms with van der Waals surface area (Å²) in [7, 11) is 0. The van der Waals surface area contributed by atoms with E-state index in [1.807, 2.05) is 6.07 Å². The lowest BCUT2D eigenvalue weighted by molar-refractivity contribution is -0.119. The van der Waals surface area contributed by atoms with Crippen LogP contribution >= 0.6 is 15.9 Å². The number of hydrogen-bond acceptors (Lipinski definition) is 3. The number of hydrogen-bond donors (Lipinski definition) is 2. The number of rotatable bonds is 4. The van der Waals surface area contributed by atoms with Crippen LogP contribution in [0.15, 0.2) is 28.7 Å². The quantitative estimate of drug-likeness (QED) is 0.795. The van der Waals surface area contributed by atoms with Gasteiger partial charge in [-0.15, -0.1) is 0 Å². The van der Waals surface area contributed by atoms with E-state index in [-0.39, 0.29) is 12.2 Å². The van der Waals surface area contributed by atoms with E-state index in [1.165, 1.54) is 0 Å². The van der Waals surface area contributed by atoms with Gasteiger partial charge in [0.15, 0.2) is 5.78 Å². The molecule has 1 atom stereocenters. The van der Waals surface area contributed by atoms with Gasteiger partial charge in [-0.2, -0.15) is 0 Å². The summed E-state index contributed by atoms with van der Waals surface area (Å²) >= 11 is 3.25. The Hall–Kier alpha value is -1.20. The Bertz CT molecular complexity index is 393. The topological polar surface area (TPSA) is 86.2 Å². The Morgan fingerprint density at radius 3 is 2.60 bits per heavy atom. The van der Waals surface area contributed by atoms with Crippen LogP contribution < -0.4 is 11.5 Å². The second-order valence-electron chi connectivity index (χ2n) is 3.15. The van der Waals surface area contributed by atoms with Gasteiger partial charge in [0.05, 0.1) is 6.04 Å². The first-order chi connectivity index (χ1) is 7.00. The van der Waals surface area contributed by atoms with Gasteiger partial charge < -0.3 is 11.5 Å². The largest absolute Gasteiger partial charge is 0.368 e. The number of amides is 1. The Labute approximate surface area is 95.8 Å². The van der Waals surface area contributed by atoms with Crippen molar-refractivity contribution in [1.82, 2.24) is 0 Å². The van der Waals surface area contributed by atoms with Crippen molar-refractivity contribution in [3.63, 3.8) is 0 Å². The molecule has 0 saturated heterocycles. The monoisotopic (exact) mass is 270 g/mol. The fourth-order valence-electron chi connectivity index (χ4n) is 1.08. The van der Waals surface area contributed by atoms with Crippen molar-refractivity contribution in [3.8, 4) is 0 Å². The van der Waals surface area contributed by atoms with Crippen LogP contribution in [-0.2, 0) is 4.79 Å². The highest BCUT2D eigenvalue weighted by Crippen LogP contribution is 2.13. The van der Waals surface area contributed by atoms with Gasteiger partial charge in [0.25, 0.3) is 0 Å². The first-order valence-electron chi connectivity index (χ1n) is 4.34. The van der Waals surface area contributed by atoms with Gasteiger partial charge in [-0.1, -0.05) is 28.1 Å². The summed E-state index contributed by atoms with van der Waals surface area (Å²) in [4.78, 5) is 22.3. The first-order valence-corrected chi connectivity index (χ1v) is 5.13. The molecule has 0 radical (unpaired) electrons. The van der Waals surface area contributed by atoms with E-state index in [9.17, 15) is 9.59 Å². The van der Waals surface area contributed by atoms with Crippen LogP contribution in [0.25, 0.3) is 0 Å². The van der Waals surface area contributed by atoms with Crippen molar-refractivity contribution in [2.45, 2.75) is 12.5 Å². The zero-order valence-corrected chi connectivity index (χ0v) is 9.53. The van der Waals surface area contributed by atoms with Crippen LogP contribution in [0.3, 0.4) is 0 Å². The SMILES string of the molecule is NC(=O)C(N)CC(=O)c1cccc(Br)c1. The summed E-state index contributed by atoms with van der Waals surface area (Å²) in [5.41, 5.74) is 10.9. The van der Waals surface area contributed by atoms with E-state index in [2.05, 4.69) is 15.9 Å². The third kappa shape index (κ3) is 3.45. The summed E-state index contributed by atoms with van der Waals surface area (Å²) in [6.07, 6.45) is -0.0637. The van der Waals surface area contributed by atoms with Gasteiger partial charge in [0, 0.05) is 16.5 Å². The van der Waals surface area contributed by atoms with Gasteiger partial charge in [-0.3, -0.25) is 9.59 Å². The van der Waals surface area contributed by atoms with Crippen molar-refractivity contribution in [2.75, 3.05) is 0 Å². The molecule has 0 fully saturated rings. The molecule has 1 amide bonds. The zero-order valence-electron chi connectivity index (χ0n) is 7.94. The Morgan fingerprint density at radius 2 is 2.07 bits per heavy atom. The van der Waals surface area contributed by atoms with Crippen LogP contribution in [-0.4, -0.2) is 17.7 Å². The predicted molar refractivity (Wildman–Crippen MR) is 60.3 cm³/mol. The summed E-state index contributed by atoms with van der Waals surface area (Å²) in [5.74, 6) is -0.860. The van der Waals surface area contributed by atoms with Crippen LogP contribution in [0, 0.1) is 0 Å². The maximum Gasteiger partial charge on any atom is 0.234 e. The smallest absolute Gasteiger partial charge is 0.234 e. The van der Waals surface area contributed by atoms with Crippen LogP contribution in [0.4, 0.5) is 0 Å². The van der Waals surface area contributed by atoms with Crippen LogP contribution in [0.5, 0.6) is 0 Å². The number of carbonyl (C=O) groups excluding carboxylic acids is 2. The minimum Gasteiger partial charge on any atom is -0.368 e. The summed E-state index contributed by atoms with van der Waals surface area (Å²) in [6, 6.07) is 5.98. The normalized spacial score (nSPS) is 12.1. The summed E-state index contributed by atoms with van der Waals surface area (Å²) in [6.45, 7) is 0. The van der Waals surface area contributed by atoms with Crippen molar-refractivity contribution >= 4 is 27.6 Å². The summed E-state index contributed by atoms with van der Waals surface area (Å²) < 4.78 is 0.806. The van der Waals surface area contributed by atoms with Gasteiger partial charge in [-0.25, -0.2) is 0 Å². The first kappa shape index (κ1) is 11.9. The third-order valence-electron chi connectivity index (χ3n) is 1.92. The molecule has 0 aromatic heterocycles. The third-order valence-corrected chi connectivity index (χ3v) is 2.41. The number of Topliss-reactive ketones (excluding diaryl/α,β-unsaturated/α-hetero) is 1. The molecule has 4 N–H and O–H groups in total. The van der Waals surface area contributed by atoms with E-state index in [0.29, 0.717) is 5.56 Å². The number of primary amides is 1. The van der Waals surface area contributed by atoms with E-state index in [4.69, 9.17) is 11.5 Å². The second kappa shape index (κ2) is 5.04. The number of carbonyl (C=O) groups is 2. The molecule has 1 rings (SSSR count). The second-order valence-corrected chi connectivity index (χ2v) is 4.06. The van der Waals surface area contributed by atoms with Crippen molar-refractivity contribution in [3.05, 3.63) is 34.3 Å². The van der Waals surface area contributed by atoms with Crippen LogP contribution in [0.1, 0.15) is 16.8 Å². The molecule has 0 bridgehead atoms. The van der Waals surface area contributed by atoms with E-state index in [0.717, 1.165) is 4.47 Å². The molecule has 1 unspecified atom stereocenters. The zero-order chi connectivity index (χ0) is 11.4. The highest BCUT2D eigenvalue weighted by Gasteiger charge is 2.15. The number of ketones is 1. The number of halogens is 1. The molecule has 0 saturated carbocycles. The lowest BCUT2D eigenvalue weighted by atomic mass is 10.0. The minimum absolute atomic E-state index is 0.0637. The van der Waals surface area contributed by atoms with Gasteiger partial charge in [0.1, 0.15) is 0 Å². The highest BCUT2D eigenvalue weighted by atomic mass is 79.9. The van der Waals surface area contributed by atoms with E-state index >= 15 is 0 Å². The molecule has 1 aromatic rings. The molecule has 0 aliphatic heterocycles. The molecule has 1 aromatic carbocycles. The lowest BCUT2D eigenvalue weighted by Crippen LogP contribution is -2.38. The van der Waals surface area contributed by atoms with Crippen LogP contribution in [0.2, 0.25) is 0 Å². The summed E-state index contributed by atoms with van der Waals surface area (Å²) in [5, 5.41) is 0. The molecule has 15 heavy (non-hydrogen) atoms. The fraction of sp³-hybridized carbons (Fsp3) is 0.200. The lowest BCUT2D eigenvalue weighted by Gasteiger charge is -2.06. The number of nitrogens with two attached hydrogens (primary N) is 2. The molecule has 0 heterocycles. The maximum atomic E-state index is 11.6. The minimum atomic E-state index is -0.920. The predicted octanol–water partition coefficient (Wildman–Crippen LogP) is 0.835. The highest BCUT2D eigenvalue weighted by molar-refractivity contribution is 9.10. The molecular weight excluding hydrogens is 260 g/mol. The molecule has 4 nitrogen and oxygen atoms in total.